The molecule has 6 nitrogen and oxygen atoms in total. The zero-order chi connectivity index (χ0) is 17.2. The Morgan fingerprint density at radius 1 is 1.17 bits per heavy atom. The molecule has 1 atom stereocenters. The molecule has 1 aromatic heterocycles. The quantitative estimate of drug-likeness (QED) is 0.710. The second kappa shape index (κ2) is 6.68. The molecule has 1 heterocycles. The van der Waals surface area contributed by atoms with Crippen LogP contribution in [-0.2, 0) is 15.8 Å². The van der Waals surface area contributed by atoms with Crippen LogP contribution in [0.1, 0.15) is 17.4 Å². The Labute approximate surface area is 138 Å². The van der Waals surface area contributed by atoms with Gasteiger partial charge in [-0.05, 0) is 18.2 Å². The van der Waals surface area contributed by atoms with Crippen LogP contribution >= 0.6 is 0 Å². The van der Waals surface area contributed by atoms with Crippen molar-refractivity contribution in [3.63, 3.8) is 0 Å². The summed E-state index contributed by atoms with van der Waals surface area (Å²) in [6.45, 7) is -0.334. The van der Waals surface area contributed by atoms with E-state index >= 15 is 0 Å². The molecular formula is C16H15FN2O4S. The molecule has 0 aliphatic heterocycles. The van der Waals surface area contributed by atoms with E-state index in [1.165, 1.54) is 18.2 Å². The van der Waals surface area contributed by atoms with E-state index in [0.717, 1.165) is 0 Å². The van der Waals surface area contributed by atoms with Gasteiger partial charge in [0.15, 0.2) is 5.58 Å². The number of nitrogens with one attached hydrogen (secondary N) is 1. The lowest BCUT2D eigenvalue weighted by atomic mass is 10.1. The molecule has 3 aromatic rings. The second-order valence-electron chi connectivity index (χ2n) is 5.27. The molecule has 0 aliphatic carbocycles. The van der Waals surface area contributed by atoms with Gasteiger partial charge in [-0.2, -0.15) is 0 Å². The monoisotopic (exact) mass is 350 g/mol. The Morgan fingerprint density at radius 2 is 1.88 bits per heavy atom. The summed E-state index contributed by atoms with van der Waals surface area (Å²) in [4.78, 5) is 0. The van der Waals surface area contributed by atoms with Crippen molar-refractivity contribution in [2.75, 3.05) is 6.54 Å². The van der Waals surface area contributed by atoms with Gasteiger partial charge in [0.05, 0.1) is 6.10 Å². The fourth-order valence-corrected chi connectivity index (χ4v) is 3.42. The van der Waals surface area contributed by atoms with Gasteiger partial charge in [0.1, 0.15) is 17.3 Å². The van der Waals surface area contributed by atoms with Crippen molar-refractivity contribution in [3.05, 3.63) is 65.6 Å². The standard InChI is InChI=1S/C16H15FN2O4S/c17-13-7-3-1-5-11(13)15(20)9-18-24(21,22)10-14-12-6-2-4-8-16(12)23-19-14/h1-8,15,18,20H,9-10H2/t15-/m0/s1. The van der Waals surface area contributed by atoms with Crippen LogP contribution in [0.25, 0.3) is 11.0 Å². The molecule has 0 aliphatic rings. The van der Waals surface area contributed by atoms with Crippen molar-refractivity contribution in [2.45, 2.75) is 11.9 Å². The van der Waals surface area contributed by atoms with Crippen molar-refractivity contribution in [2.24, 2.45) is 0 Å². The average Bonchev–Trinajstić information content (AvgIpc) is 2.96. The van der Waals surface area contributed by atoms with E-state index < -0.39 is 27.7 Å². The molecule has 0 unspecified atom stereocenters. The first-order valence-corrected chi connectivity index (χ1v) is 8.84. The van der Waals surface area contributed by atoms with Crippen LogP contribution in [0.5, 0.6) is 0 Å². The molecule has 3 rings (SSSR count). The lowest BCUT2D eigenvalue weighted by molar-refractivity contribution is 0.177. The number of aliphatic hydroxyl groups is 1. The zero-order valence-electron chi connectivity index (χ0n) is 12.5. The lowest BCUT2D eigenvalue weighted by Gasteiger charge is -2.13. The number of benzene rings is 2. The molecular weight excluding hydrogens is 335 g/mol. The average molecular weight is 350 g/mol. The predicted molar refractivity (Wildman–Crippen MR) is 86.0 cm³/mol. The smallest absolute Gasteiger partial charge is 0.217 e. The highest BCUT2D eigenvalue weighted by atomic mass is 32.2. The fraction of sp³-hybridized carbons (Fsp3) is 0.188. The summed E-state index contributed by atoms with van der Waals surface area (Å²) in [5, 5.41) is 14.3. The minimum absolute atomic E-state index is 0.0343. The number of hydrogen-bond acceptors (Lipinski definition) is 5. The third kappa shape index (κ3) is 3.61. The topological polar surface area (TPSA) is 92.4 Å². The normalized spacial score (nSPS) is 13.2. The Bertz CT molecular complexity index is 955. The van der Waals surface area contributed by atoms with E-state index in [9.17, 15) is 17.9 Å². The molecule has 2 aromatic carbocycles. The zero-order valence-corrected chi connectivity index (χ0v) is 13.3. The summed E-state index contributed by atoms with van der Waals surface area (Å²) >= 11 is 0. The Kier molecular flexibility index (Phi) is 4.61. The van der Waals surface area contributed by atoms with Crippen LogP contribution in [0.4, 0.5) is 4.39 Å². The van der Waals surface area contributed by atoms with Gasteiger partial charge in [0, 0.05) is 17.5 Å². The van der Waals surface area contributed by atoms with E-state index in [-0.39, 0.29) is 17.8 Å². The van der Waals surface area contributed by atoms with Gasteiger partial charge in [-0.15, -0.1) is 0 Å². The van der Waals surface area contributed by atoms with Crippen molar-refractivity contribution in [1.82, 2.24) is 9.88 Å². The number of fused-ring (bicyclic) bond motifs is 1. The maximum absolute atomic E-state index is 13.6. The van der Waals surface area contributed by atoms with Crippen LogP contribution in [0.2, 0.25) is 0 Å². The van der Waals surface area contributed by atoms with E-state index in [1.807, 2.05) is 0 Å². The summed E-state index contributed by atoms with van der Waals surface area (Å²) in [7, 11) is -3.77. The summed E-state index contributed by atoms with van der Waals surface area (Å²) in [5.41, 5.74) is 0.805. The van der Waals surface area contributed by atoms with E-state index in [1.54, 1.807) is 30.3 Å². The van der Waals surface area contributed by atoms with Crippen LogP contribution < -0.4 is 4.72 Å². The minimum Gasteiger partial charge on any atom is -0.387 e. The number of para-hydroxylation sites is 1. The molecule has 0 saturated heterocycles. The number of sulfonamides is 1. The Hall–Kier alpha value is -2.29. The Morgan fingerprint density at radius 3 is 2.67 bits per heavy atom. The maximum Gasteiger partial charge on any atom is 0.217 e. The molecule has 0 saturated carbocycles. The molecule has 0 fully saturated rings. The highest BCUT2D eigenvalue weighted by Gasteiger charge is 2.20. The molecule has 8 heteroatoms. The molecule has 24 heavy (non-hydrogen) atoms. The van der Waals surface area contributed by atoms with E-state index in [2.05, 4.69) is 9.88 Å². The number of aliphatic hydroxyl groups excluding tert-OH is 1. The fourth-order valence-electron chi connectivity index (χ4n) is 2.33. The van der Waals surface area contributed by atoms with Crippen LogP contribution in [0.15, 0.2) is 53.1 Å². The van der Waals surface area contributed by atoms with Crippen molar-refractivity contribution < 1.29 is 22.4 Å². The summed E-state index contributed by atoms with van der Waals surface area (Å²) in [5.74, 6) is -0.986. The van der Waals surface area contributed by atoms with Gasteiger partial charge in [-0.3, -0.25) is 0 Å². The number of nitrogens with zero attached hydrogens (tertiary/aromatic N) is 1. The molecule has 0 amide bonds. The second-order valence-corrected chi connectivity index (χ2v) is 7.08. The highest BCUT2D eigenvalue weighted by Crippen LogP contribution is 2.20. The predicted octanol–water partition coefficient (Wildman–Crippen LogP) is 2.12. The van der Waals surface area contributed by atoms with Gasteiger partial charge in [0.25, 0.3) is 0 Å². The number of halogens is 1. The first-order valence-electron chi connectivity index (χ1n) is 7.19. The van der Waals surface area contributed by atoms with Crippen LogP contribution in [0.3, 0.4) is 0 Å². The summed E-state index contributed by atoms with van der Waals surface area (Å²) < 4.78 is 45.2. The first kappa shape index (κ1) is 16.6. The van der Waals surface area contributed by atoms with Gasteiger partial charge in [-0.25, -0.2) is 17.5 Å². The van der Waals surface area contributed by atoms with Crippen molar-refractivity contribution >= 4 is 21.0 Å². The van der Waals surface area contributed by atoms with Gasteiger partial charge in [-0.1, -0.05) is 35.5 Å². The largest absolute Gasteiger partial charge is 0.387 e. The Balaban J connectivity index is 1.69. The van der Waals surface area contributed by atoms with Gasteiger partial charge in [0.2, 0.25) is 10.0 Å². The SMILES string of the molecule is O=S(=O)(Cc1noc2ccccc12)NC[C@H](O)c1ccccc1F. The summed E-state index contributed by atoms with van der Waals surface area (Å²) in [6, 6.07) is 12.6. The van der Waals surface area contributed by atoms with Crippen LogP contribution in [0, 0.1) is 5.82 Å². The molecule has 126 valence electrons. The third-order valence-corrected chi connectivity index (χ3v) is 4.80. The molecule has 0 bridgehead atoms. The molecule has 2 N–H and O–H groups in total. The first-order chi connectivity index (χ1) is 11.5. The van der Waals surface area contributed by atoms with Crippen molar-refractivity contribution in [3.8, 4) is 0 Å². The van der Waals surface area contributed by atoms with E-state index in [4.69, 9.17) is 4.52 Å². The van der Waals surface area contributed by atoms with E-state index in [0.29, 0.717) is 11.0 Å². The number of hydrogen-bond donors (Lipinski definition) is 2. The number of rotatable bonds is 6. The third-order valence-electron chi connectivity index (χ3n) is 3.54. The number of aromatic nitrogens is 1. The lowest BCUT2D eigenvalue weighted by Crippen LogP contribution is -2.30. The summed E-state index contributed by atoms with van der Waals surface area (Å²) in [6.07, 6.45) is -1.28. The van der Waals surface area contributed by atoms with Gasteiger partial charge < -0.3 is 9.63 Å². The molecule has 0 radical (unpaired) electrons. The van der Waals surface area contributed by atoms with Crippen LogP contribution in [-0.4, -0.2) is 25.2 Å². The minimum atomic E-state index is -3.77. The molecule has 0 spiro atoms. The van der Waals surface area contributed by atoms with Crippen molar-refractivity contribution in [1.29, 1.82) is 0 Å². The van der Waals surface area contributed by atoms with Gasteiger partial charge >= 0.3 is 0 Å². The maximum atomic E-state index is 13.6. The highest BCUT2D eigenvalue weighted by molar-refractivity contribution is 7.88.